The second-order valence-electron chi connectivity index (χ2n) is 14.7. The Bertz CT molecular complexity index is 1410. The molecular weight excluding hydrogens is 719 g/mol. The molecule has 54 heavy (non-hydrogen) atoms. The van der Waals surface area contributed by atoms with Gasteiger partial charge in [-0.3, -0.25) is 29.3 Å². The molecule has 0 fully saturated rings. The minimum atomic E-state index is -5.33. The maximum atomic E-state index is 14.3. The van der Waals surface area contributed by atoms with Gasteiger partial charge in [0.25, 0.3) is 5.91 Å². The Morgan fingerprint density at radius 1 is 0.741 bits per heavy atom. The number of carbonyl (C=O) groups excluding carboxylic acids is 5. The molecule has 0 aliphatic rings. The molecule has 0 radical (unpaired) electrons. The number of aliphatic hydroxyl groups is 2. The quantitative estimate of drug-likeness (QED) is 0.0910. The van der Waals surface area contributed by atoms with Gasteiger partial charge in [0.15, 0.2) is 0 Å². The van der Waals surface area contributed by atoms with Crippen LogP contribution in [0.15, 0.2) is 30.3 Å². The average molecular weight is 776 g/mol. The Kier molecular flexibility index (Phi) is 18.9. The van der Waals surface area contributed by atoms with Gasteiger partial charge in [-0.25, -0.2) is 4.79 Å². The largest absolute Gasteiger partial charge is 0.481 e. The zero-order valence-corrected chi connectivity index (χ0v) is 32.0. The van der Waals surface area contributed by atoms with Gasteiger partial charge in [-0.05, 0) is 50.0 Å². The highest BCUT2D eigenvalue weighted by Gasteiger charge is 2.59. The first kappa shape index (κ1) is 47.6. The van der Waals surface area contributed by atoms with E-state index in [-0.39, 0.29) is 31.3 Å². The molecule has 8 N–H and O–H groups in total. The van der Waals surface area contributed by atoms with Gasteiger partial charge in [-0.2, -0.15) is 13.2 Å². The van der Waals surface area contributed by atoms with Crippen LogP contribution in [0.5, 0.6) is 0 Å². The number of amides is 5. The van der Waals surface area contributed by atoms with Gasteiger partial charge in [-0.15, -0.1) is 0 Å². The summed E-state index contributed by atoms with van der Waals surface area (Å²) < 4.78 is 47.7. The first-order chi connectivity index (χ1) is 24.9. The summed E-state index contributed by atoms with van der Waals surface area (Å²) in [5.74, 6) is -6.48. The van der Waals surface area contributed by atoms with E-state index in [1.54, 1.807) is 49.5 Å². The fourth-order valence-corrected chi connectivity index (χ4v) is 5.28. The molecular formula is C36H56F3N5O10. The molecule has 0 saturated carbocycles. The Morgan fingerprint density at radius 2 is 1.24 bits per heavy atom. The molecule has 1 aromatic rings. The number of halogens is 3. The maximum absolute atomic E-state index is 14.3. The summed E-state index contributed by atoms with van der Waals surface area (Å²) in [6, 6.07) is 3.29. The molecule has 0 aliphatic carbocycles. The van der Waals surface area contributed by atoms with Gasteiger partial charge in [0.1, 0.15) is 18.7 Å². The van der Waals surface area contributed by atoms with E-state index >= 15 is 0 Å². The number of aliphatic carboxylic acids is 1. The predicted molar refractivity (Wildman–Crippen MR) is 190 cm³/mol. The molecule has 1 aromatic carbocycles. The molecule has 0 aliphatic heterocycles. The predicted octanol–water partition coefficient (Wildman–Crippen LogP) is 2.53. The smallest absolute Gasteiger partial charge is 0.420 e. The van der Waals surface area contributed by atoms with Crippen molar-refractivity contribution in [3.8, 4) is 0 Å². The van der Waals surface area contributed by atoms with Crippen LogP contribution in [0.1, 0.15) is 86.6 Å². The van der Waals surface area contributed by atoms with Gasteiger partial charge in [-0.1, -0.05) is 71.9 Å². The van der Waals surface area contributed by atoms with E-state index in [4.69, 9.17) is 9.84 Å². The lowest BCUT2D eigenvalue weighted by molar-refractivity contribution is -0.194. The lowest BCUT2D eigenvalue weighted by Gasteiger charge is -2.34. The molecule has 0 spiro atoms. The lowest BCUT2D eigenvalue weighted by atomic mass is 9.94. The molecule has 15 nitrogen and oxygen atoms in total. The number of carbonyl (C=O) groups is 6. The third-order valence-electron chi connectivity index (χ3n) is 8.41. The van der Waals surface area contributed by atoms with Crippen LogP contribution >= 0.6 is 0 Å². The van der Waals surface area contributed by atoms with Crippen LogP contribution in [0.25, 0.3) is 0 Å². The van der Waals surface area contributed by atoms with Crippen LogP contribution in [0, 0.1) is 17.8 Å². The molecule has 306 valence electrons. The van der Waals surface area contributed by atoms with E-state index in [2.05, 4.69) is 21.3 Å². The van der Waals surface area contributed by atoms with Crippen molar-refractivity contribution in [1.82, 2.24) is 26.6 Å². The first-order valence-corrected chi connectivity index (χ1v) is 17.7. The molecule has 0 heterocycles. The van der Waals surface area contributed by atoms with Crippen LogP contribution in [0.3, 0.4) is 0 Å². The minimum Gasteiger partial charge on any atom is -0.481 e. The Balaban J connectivity index is 3.04. The Morgan fingerprint density at radius 3 is 1.70 bits per heavy atom. The van der Waals surface area contributed by atoms with Crippen molar-refractivity contribution in [3.05, 3.63) is 35.9 Å². The van der Waals surface area contributed by atoms with Crippen LogP contribution in [0.4, 0.5) is 18.0 Å². The van der Waals surface area contributed by atoms with Gasteiger partial charge >= 0.3 is 18.2 Å². The number of nitrogens with one attached hydrogen (secondary N) is 5. The first-order valence-electron chi connectivity index (χ1n) is 17.7. The summed E-state index contributed by atoms with van der Waals surface area (Å²) in [6.45, 7) is 11.4. The van der Waals surface area contributed by atoms with Crippen LogP contribution in [0.2, 0.25) is 0 Å². The zero-order valence-electron chi connectivity index (χ0n) is 32.0. The number of rotatable bonds is 21. The Hall–Kier alpha value is -4.45. The zero-order chi connectivity index (χ0) is 41.6. The maximum Gasteiger partial charge on any atom is 0.420 e. The van der Waals surface area contributed by atoms with E-state index in [1.165, 1.54) is 20.8 Å². The van der Waals surface area contributed by atoms with Crippen molar-refractivity contribution < 1.29 is 62.0 Å². The molecule has 1 rings (SSSR count). The van der Waals surface area contributed by atoms with E-state index < -0.39 is 103 Å². The summed E-state index contributed by atoms with van der Waals surface area (Å²) in [6.07, 6.45) is -10.7. The summed E-state index contributed by atoms with van der Waals surface area (Å²) in [7, 11) is 0. The monoisotopic (exact) mass is 775 g/mol. The molecule has 7 atom stereocenters. The number of carboxylic acid groups (broad SMARTS) is 1. The van der Waals surface area contributed by atoms with Gasteiger partial charge in [0.2, 0.25) is 23.3 Å². The van der Waals surface area contributed by atoms with Gasteiger partial charge in [0, 0.05) is 0 Å². The second kappa shape index (κ2) is 21.4. The highest BCUT2D eigenvalue weighted by atomic mass is 19.4. The third kappa shape index (κ3) is 15.9. The summed E-state index contributed by atoms with van der Waals surface area (Å²) in [5, 5.41) is 41.5. The van der Waals surface area contributed by atoms with E-state index in [0.29, 0.717) is 12.5 Å². The van der Waals surface area contributed by atoms with Gasteiger partial charge < -0.3 is 41.3 Å². The summed E-state index contributed by atoms with van der Waals surface area (Å²) in [5.41, 5.74) is -3.03. The Labute approximate surface area is 313 Å². The van der Waals surface area contributed by atoms with Crippen molar-refractivity contribution in [2.24, 2.45) is 17.8 Å². The number of ether oxygens (including phenoxy) is 1. The molecule has 0 saturated heterocycles. The van der Waals surface area contributed by atoms with Crippen molar-refractivity contribution >= 4 is 35.7 Å². The number of alkyl halides is 3. The number of hydrogen-bond donors (Lipinski definition) is 8. The lowest BCUT2D eigenvalue weighted by Crippen LogP contribution is -2.68. The normalized spacial score (nSPS) is 16.2. The van der Waals surface area contributed by atoms with Crippen molar-refractivity contribution in [2.75, 3.05) is 0 Å². The average Bonchev–Trinajstić information content (AvgIpc) is 3.04. The van der Waals surface area contributed by atoms with E-state index in [1.807, 2.05) is 13.8 Å². The van der Waals surface area contributed by atoms with E-state index in [0.717, 1.165) is 0 Å². The fraction of sp³-hybridized carbons (Fsp3) is 0.667. The third-order valence-corrected chi connectivity index (χ3v) is 8.41. The van der Waals surface area contributed by atoms with E-state index in [9.17, 15) is 52.2 Å². The molecule has 18 heteroatoms. The molecule has 0 bridgehead atoms. The number of hydrogen-bond acceptors (Lipinski definition) is 9. The van der Waals surface area contributed by atoms with Crippen LogP contribution < -0.4 is 26.6 Å². The van der Waals surface area contributed by atoms with Crippen molar-refractivity contribution in [2.45, 2.75) is 136 Å². The summed E-state index contributed by atoms with van der Waals surface area (Å²) >= 11 is 0. The highest BCUT2D eigenvalue weighted by molar-refractivity contribution is 5.95. The van der Waals surface area contributed by atoms with Crippen molar-refractivity contribution in [3.63, 3.8) is 0 Å². The second-order valence-corrected chi connectivity index (χ2v) is 14.7. The van der Waals surface area contributed by atoms with Crippen LogP contribution in [-0.4, -0.2) is 99.1 Å². The van der Waals surface area contributed by atoms with Crippen LogP contribution in [-0.2, 0) is 35.3 Å². The fourth-order valence-electron chi connectivity index (χ4n) is 5.28. The number of benzene rings is 1. The number of aliphatic hydroxyl groups excluding tert-OH is 2. The molecule has 5 amide bonds. The SMILES string of the molecule is CC(C)C[C@H](NC(=O)[C@H](C)NC(=O)C[C@H](O)[C@H](CC(C)C)NC(=O)[C@@H](NC(=O)[C@](C)(NC(=O)OCc1ccccc1)C(F)(F)F)C(C)C)[C@@H](O)CC(=O)O. The van der Waals surface area contributed by atoms with Gasteiger partial charge in [0.05, 0.1) is 37.1 Å². The highest BCUT2D eigenvalue weighted by Crippen LogP contribution is 2.31. The standard InChI is InChI=1S/C36H56F3N5O10/c1-19(2)14-24(26(45)16-28(47)40-22(7)31(50)41-25(15-20(3)4)27(46)17-29(48)49)42-32(51)30(21(5)6)43-33(52)35(8,36(37,38)39)44-34(53)54-18-23-12-10-9-11-13-23/h9-13,19-22,24-27,30,45-46H,14-18H2,1-8H3,(H,40,47)(H,41,50)(H,42,51)(H,43,52)(H,44,53)(H,48,49)/t22-,24-,25-,26-,27-,30-,35-/m0/s1. The molecule has 0 aromatic heterocycles. The minimum absolute atomic E-state index is 0.0182. The molecule has 0 unspecified atom stereocenters. The summed E-state index contributed by atoms with van der Waals surface area (Å²) in [4.78, 5) is 75.9. The number of alkyl carbamates (subject to hydrolysis) is 1. The topological polar surface area (TPSA) is 232 Å². The number of carboxylic acids is 1. The van der Waals surface area contributed by atoms with Crippen molar-refractivity contribution in [1.29, 1.82) is 0 Å².